The largest absolute Gasteiger partial charge is 2.00 e. The molecule has 13 heavy (non-hydrogen) atoms. The maximum atomic E-state index is 10.2. The Labute approximate surface area is 93.2 Å². The van der Waals surface area contributed by atoms with Gasteiger partial charge < -0.3 is 15.0 Å². The molecular formula is C8H14O4Ti. The monoisotopic (exact) mass is 222 g/mol. The Morgan fingerprint density at radius 2 is 1.62 bits per heavy atom. The number of hydrogen-bond donors (Lipinski definition) is 0. The van der Waals surface area contributed by atoms with Gasteiger partial charge in [-0.2, -0.15) is 0 Å². The molecule has 0 unspecified atom stereocenters. The van der Waals surface area contributed by atoms with Gasteiger partial charge in [-0.25, -0.2) is 0 Å². The molecule has 0 atom stereocenters. The summed E-state index contributed by atoms with van der Waals surface area (Å²) >= 11 is 0. The van der Waals surface area contributed by atoms with Gasteiger partial charge in [0.15, 0.2) is 0 Å². The number of Topliss-reactive ketones (excluding diaryl/α,β-unsaturated/α-hetero) is 1. The van der Waals surface area contributed by atoms with Gasteiger partial charge in [0.1, 0.15) is 5.78 Å². The third-order valence-electron chi connectivity index (χ3n) is 0.736. The van der Waals surface area contributed by atoms with Crippen LogP contribution >= 0.6 is 0 Å². The van der Waals surface area contributed by atoms with E-state index < -0.39 is 18.5 Å². The summed E-state index contributed by atoms with van der Waals surface area (Å²) < 4.78 is 0. The zero-order valence-electron chi connectivity index (χ0n) is 8.12. The van der Waals surface area contributed by atoms with Crippen LogP contribution < -0.4 is 10.2 Å². The first kappa shape index (κ1) is 18.6. The molecule has 0 aromatic carbocycles. The van der Waals surface area contributed by atoms with Gasteiger partial charge in [0.25, 0.3) is 0 Å². The molecule has 0 aliphatic heterocycles. The van der Waals surface area contributed by atoms with Crippen molar-refractivity contribution < 1.29 is 41.5 Å². The molecule has 0 bridgehead atoms. The molecule has 0 aromatic heterocycles. The minimum Gasteiger partial charge on any atom is -0.852 e. The number of carboxylic acid groups (broad SMARTS) is 1. The molecule has 0 rings (SSSR count). The van der Waals surface area contributed by atoms with Crippen LogP contribution in [0.1, 0.15) is 33.6 Å². The van der Waals surface area contributed by atoms with E-state index >= 15 is 0 Å². The first-order chi connectivity index (χ1) is 5.40. The van der Waals surface area contributed by atoms with Crippen LogP contribution in [0.2, 0.25) is 0 Å². The van der Waals surface area contributed by atoms with Crippen molar-refractivity contribution in [3.63, 3.8) is 0 Å². The number of hydrogen-bond acceptors (Lipinski definition) is 4. The topological polar surface area (TPSA) is 80.3 Å². The van der Waals surface area contributed by atoms with E-state index in [0.29, 0.717) is 0 Å². The van der Waals surface area contributed by atoms with Crippen LogP contribution in [0.4, 0.5) is 0 Å². The van der Waals surface area contributed by atoms with E-state index in [9.17, 15) is 19.8 Å². The summed E-state index contributed by atoms with van der Waals surface area (Å²) in [6.45, 7) is 4.84. The fourth-order valence-corrected chi connectivity index (χ4v) is 0.286. The second-order valence-corrected chi connectivity index (χ2v) is 2.49. The van der Waals surface area contributed by atoms with Crippen LogP contribution in [-0.4, -0.2) is 17.9 Å². The van der Waals surface area contributed by atoms with E-state index in [-0.39, 0.29) is 33.9 Å². The maximum Gasteiger partial charge on any atom is 2.00 e. The van der Waals surface area contributed by atoms with Gasteiger partial charge in [-0.3, -0.25) is 4.79 Å². The molecule has 0 saturated heterocycles. The summed E-state index contributed by atoms with van der Waals surface area (Å²) in [4.78, 5) is 19.8. The SMILES string of the molecule is CC(C)[O-].CCC(=O)CC(=O)[O-].[Ti+2]. The van der Waals surface area contributed by atoms with Gasteiger partial charge in [-0.05, 0) is 0 Å². The van der Waals surface area contributed by atoms with Crippen molar-refractivity contribution in [1.29, 1.82) is 0 Å². The second kappa shape index (κ2) is 11.8. The number of ketones is 1. The number of aliphatic carboxylic acids is 1. The predicted molar refractivity (Wildman–Crippen MR) is 40.1 cm³/mol. The molecule has 0 amide bonds. The average Bonchev–Trinajstić information content (AvgIpc) is 1.84. The van der Waals surface area contributed by atoms with Crippen molar-refractivity contribution in [2.24, 2.45) is 0 Å². The Morgan fingerprint density at radius 1 is 1.31 bits per heavy atom. The van der Waals surface area contributed by atoms with E-state index in [2.05, 4.69) is 0 Å². The van der Waals surface area contributed by atoms with Gasteiger partial charge in [0.05, 0.1) is 0 Å². The first-order valence-electron chi connectivity index (χ1n) is 3.77. The summed E-state index contributed by atoms with van der Waals surface area (Å²) in [5.74, 6) is -1.58. The minimum absolute atomic E-state index is 0. The molecule has 0 N–H and O–H groups in total. The van der Waals surface area contributed by atoms with Gasteiger partial charge in [0, 0.05) is 18.8 Å². The molecule has 0 saturated carbocycles. The summed E-state index contributed by atoms with van der Waals surface area (Å²) in [5, 5.41) is 19.2. The third kappa shape index (κ3) is 33.7. The normalized spacial score (nSPS) is 8.08. The average molecular weight is 222 g/mol. The van der Waals surface area contributed by atoms with Crippen molar-refractivity contribution in [3.8, 4) is 0 Å². The number of carbonyl (C=O) groups excluding carboxylic acids is 2. The predicted octanol–water partition coefficient (Wildman–Crippen LogP) is -1.14. The minimum atomic E-state index is -1.29. The van der Waals surface area contributed by atoms with Gasteiger partial charge in [-0.1, -0.05) is 20.8 Å². The Morgan fingerprint density at radius 3 is 1.69 bits per heavy atom. The molecule has 0 aromatic rings. The first-order valence-corrected chi connectivity index (χ1v) is 3.77. The van der Waals surface area contributed by atoms with Gasteiger partial charge in [0.2, 0.25) is 0 Å². The molecule has 74 valence electrons. The molecule has 5 heteroatoms. The molecule has 0 heterocycles. The van der Waals surface area contributed by atoms with E-state index in [1.807, 2.05) is 0 Å². The molecular weight excluding hydrogens is 208 g/mol. The van der Waals surface area contributed by atoms with E-state index in [1.165, 1.54) is 0 Å². The molecule has 0 radical (unpaired) electrons. The van der Waals surface area contributed by atoms with E-state index in [4.69, 9.17) is 0 Å². The van der Waals surface area contributed by atoms with E-state index in [1.54, 1.807) is 20.8 Å². The van der Waals surface area contributed by atoms with Crippen molar-refractivity contribution >= 4 is 11.8 Å². The van der Waals surface area contributed by atoms with Crippen LogP contribution in [-0.2, 0) is 31.3 Å². The van der Waals surface area contributed by atoms with Crippen LogP contribution in [0.25, 0.3) is 0 Å². The zero-order chi connectivity index (χ0) is 10.1. The fraction of sp³-hybridized carbons (Fsp3) is 0.750. The smallest absolute Gasteiger partial charge is 0.852 e. The van der Waals surface area contributed by atoms with Crippen molar-refractivity contribution in [2.75, 3.05) is 0 Å². The fourth-order valence-electron chi connectivity index (χ4n) is 0.286. The molecule has 0 aliphatic rings. The maximum absolute atomic E-state index is 10.2. The van der Waals surface area contributed by atoms with Crippen molar-refractivity contribution in [3.05, 3.63) is 0 Å². The molecule has 0 aliphatic carbocycles. The molecule has 0 fully saturated rings. The summed E-state index contributed by atoms with van der Waals surface area (Å²) in [7, 11) is 0. The van der Waals surface area contributed by atoms with Gasteiger partial charge >= 0.3 is 21.7 Å². The van der Waals surface area contributed by atoms with Crippen LogP contribution in [0, 0.1) is 0 Å². The summed E-state index contributed by atoms with van der Waals surface area (Å²) in [6.07, 6.45) is -0.593. The molecule has 4 nitrogen and oxygen atoms in total. The van der Waals surface area contributed by atoms with Crippen molar-refractivity contribution in [2.45, 2.75) is 39.7 Å². The zero-order valence-corrected chi connectivity index (χ0v) is 9.69. The van der Waals surface area contributed by atoms with Crippen LogP contribution in [0.5, 0.6) is 0 Å². The number of carbonyl (C=O) groups is 2. The van der Waals surface area contributed by atoms with Crippen molar-refractivity contribution in [1.82, 2.24) is 0 Å². The summed E-state index contributed by atoms with van der Waals surface area (Å²) in [6, 6.07) is 0. The number of rotatable bonds is 3. The Kier molecular flexibility index (Phi) is 16.9. The standard InChI is InChI=1S/C5H8O3.C3H7O.Ti/c1-2-4(6)3-5(7)8;1-3(2)4;/h2-3H2,1H3,(H,7,8);3H,1-2H3;/q;-1;+2/p-1. The van der Waals surface area contributed by atoms with Crippen LogP contribution in [0.3, 0.4) is 0 Å². The quantitative estimate of drug-likeness (QED) is 0.446. The van der Waals surface area contributed by atoms with Crippen LogP contribution in [0.15, 0.2) is 0 Å². The van der Waals surface area contributed by atoms with E-state index in [0.717, 1.165) is 0 Å². The summed E-state index contributed by atoms with van der Waals surface area (Å²) in [5.41, 5.74) is 0. The third-order valence-corrected chi connectivity index (χ3v) is 0.736. The Hall–Kier alpha value is -0.186. The Balaban J connectivity index is -0.000000173. The van der Waals surface area contributed by atoms with Gasteiger partial charge in [-0.15, -0.1) is 6.10 Å². The Bertz CT molecular complexity index is 142. The number of carboxylic acids is 1. The second-order valence-electron chi connectivity index (χ2n) is 2.49. The molecule has 0 spiro atoms.